The van der Waals surface area contributed by atoms with Crippen molar-refractivity contribution in [3.63, 3.8) is 0 Å². The second kappa shape index (κ2) is 10.7. The Kier molecular flexibility index (Phi) is 7.25. The lowest BCUT2D eigenvalue weighted by Crippen LogP contribution is -2.33. The molecule has 1 atom stereocenters. The zero-order chi connectivity index (χ0) is 28.6. The van der Waals surface area contributed by atoms with Crippen molar-refractivity contribution in [2.75, 3.05) is 30.9 Å². The number of aromatic nitrogens is 6. The molecule has 0 aliphatic carbocycles. The molecule has 0 bridgehead atoms. The number of nitrogens with one attached hydrogen (secondary N) is 3. The number of nitrogens with zero attached hydrogens (tertiary/aromatic N) is 5. The molecule has 0 saturated carbocycles. The van der Waals surface area contributed by atoms with Gasteiger partial charge >= 0.3 is 12.1 Å². The number of imidazole rings is 1. The number of H-pyrrole nitrogens is 1. The van der Waals surface area contributed by atoms with Gasteiger partial charge in [0.1, 0.15) is 10.7 Å². The average molecular weight is 579 g/mol. The third-order valence-corrected chi connectivity index (χ3v) is 6.69. The van der Waals surface area contributed by atoms with E-state index in [0.717, 1.165) is 16.8 Å². The average Bonchev–Trinajstić information content (AvgIpc) is 3.57. The molecule has 4 aromatic heterocycles. The summed E-state index contributed by atoms with van der Waals surface area (Å²) in [7, 11) is 3.26. The highest BCUT2D eigenvalue weighted by molar-refractivity contribution is 6.36. The van der Waals surface area contributed by atoms with E-state index in [2.05, 4.69) is 30.6 Å². The van der Waals surface area contributed by atoms with E-state index in [1.54, 1.807) is 14.1 Å². The molecule has 0 spiro atoms. The molecular formula is C24H24ClF3N9O3+. The summed E-state index contributed by atoms with van der Waals surface area (Å²) in [6.45, 7) is 0.503. The molecule has 40 heavy (non-hydrogen) atoms. The predicted octanol–water partition coefficient (Wildman–Crippen LogP) is 3.09. The number of anilines is 3. The molecule has 4 aromatic rings. The second-order valence-electron chi connectivity index (χ2n) is 8.80. The maximum absolute atomic E-state index is 13.7. The number of fused-ring (bicyclic) bond motifs is 1. The minimum absolute atomic E-state index is 0.121. The summed E-state index contributed by atoms with van der Waals surface area (Å²) in [6.07, 6.45) is 2.09. The van der Waals surface area contributed by atoms with Gasteiger partial charge in [-0.15, -0.1) is 0 Å². The van der Waals surface area contributed by atoms with Crippen LogP contribution in [0.5, 0.6) is 5.75 Å². The topological polar surface area (TPSA) is 149 Å². The molecule has 0 radical (unpaired) electrons. The Balaban J connectivity index is 1.53. The van der Waals surface area contributed by atoms with E-state index in [1.807, 2.05) is 0 Å². The Bertz CT molecular complexity index is 1660. The van der Waals surface area contributed by atoms with Gasteiger partial charge in [-0.25, -0.2) is 29.8 Å². The van der Waals surface area contributed by atoms with Gasteiger partial charge in [-0.1, -0.05) is 11.6 Å². The lowest BCUT2D eigenvalue weighted by atomic mass is 10.2. The molecule has 16 heteroatoms. The van der Waals surface area contributed by atoms with Gasteiger partial charge in [0, 0.05) is 38.4 Å². The van der Waals surface area contributed by atoms with Gasteiger partial charge in [0.25, 0.3) is 5.56 Å². The molecule has 5 rings (SSSR count). The number of halogens is 4. The van der Waals surface area contributed by atoms with Crippen LogP contribution < -0.4 is 31.2 Å². The van der Waals surface area contributed by atoms with Gasteiger partial charge in [0.15, 0.2) is 28.5 Å². The van der Waals surface area contributed by atoms with Crippen molar-refractivity contribution in [1.82, 2.24) is 24.5 Å². The first-order chi connectivity index (χ1) is 19.1. The number of aromatic amines is 1. The van der Waals surface area contributed by atoms with Crippen LogP contribution in [0.25, 0.3) is 16.9 Å². The van der Waals surface area contributed by atoms with Crippen molar-refractivity contribution in [1.29, 1.82) is 0 Å². The zero-order valence-corrected chi connectivity index (χ0v) is 22.0. The van der Waals surface area contributed by atoms with Crippen LogP contribution in [-0.4, -0.2) is 44.8 Å². The largest absolute Gasteiger partial charge is 0.450 e. The Labute approximate surface area is 229 Å². The van der Waals surface area contributed by atoms with E-state index >= 15 is 0 Å². The second-order valence-corrected chi connectivity index (χ2v) is 9.18. The van der Waals surface area contributed by atoms with Gasteiger partial charge in [0.05, 0.1) is 31.5 Å². The minimum Gasteiger partial charge on any atom is -0.450 e. The smallest absolute Gasteiger partial charge is 0.417 e. The van der Waals surface area contributed by atoms with Crippen LogP contribution in [0.3, 0.4) is 0 Å². The maximum atomic E-state index is 13.7. The van der Waals surface area contributed by atoms with E-state index in [0.29, 0.717) is 30.1 Å². The van der Waals surface area contributed by atoms with Crippen LogP contribution in [0, 0.1) is 0 Å². The number of alkyl halides is 3. The summed E-state index contributed by atoms with van der Waals surface area (Å²) in [5.74, 6) is 0.854. The van der Waals surface area contributed by atoms with E-state index < -0.39 is 23.3 Å². The van der Waals surface area contributed by atoms with Gasteiger partial charge in [-0.05, 0) is 12.5 Å². The Morgan fingerprint density at radius 3 is 2.80 bits per heavy atom. The van der Waals surface area contributed by atoms with Crippen LogP contribution in [0.2, 0.25) is 5.02 Å². The summed E-state index contributed by atoms with van der Waals surface area (Å²) >= 11 is 6.67. The highest BCUT2D eigenvalue weighted by Crippen LogP contribution is 2.34. The monoisotopic (exact) mass is 578 g/mol. The van der Waals surface area contributed by atoms with Crippen LogP contribution in [0.15, 0.2) is 41.8 Å². The molecular weight excluding hydrogens is 555 g/mol. The van der Waals surface area contributed by atoms with Crippen LogP contribution in [-0.2, 0) is 18.0 Å². The fourth-order valence-corrected chi connectivity index (χ4v) is 4.62. The van der Waals surface area contributed by atoms with Gasteiger partial charge in [0.2, 0.25) is 5.65 Å². The first-order valence-electron chi connectivity index (χ1n) is 12.0. The Morgan fingerprint density at radius 1 is 1.35 bits per heavy atom. The molecule has 1 unspecified atom stereocenters. The van der Waals surface area contributed by atoms with Crippen molar-refractivity contribution in [3.05, 3.63) is 63.7 Å². The summed E-state index contributed by atoms with van der Waals surface area (Å²) in [5, 5.41) is 5.80. The van der Waals surface area contributed by atoms with Crippen molar-refractivity contribution in [2.45, 2.75) is 18.6 Å². The molecule has 5 heterocycles. The molecule has 1 saturated heterocycles. The zero-order valence-electron chi connectivity index (χ0n) is 21.2. The van der Waals surface area contributed by atoms with Crippen molar-refractivity contribution < 1.29 is 27.2 Å². The van der Waals surface area contributed by atoms with Gasteiger partial charge in [-0.2, -0.15) is 13.2 Å². The number of ether oxygens (including phenoxy) is 2. The summed E-state index contributed by atoms with van der Waals surface area (Å²) in [4.78, 5) is 28.9. The number of pyridine rings is 2. The number of rotatable bonds is 7. The molecule has 5 N–H and O–H groups in total. The van der Waals surface area contributed by atoms with Crippen molar-refractivity contribution in [3.8, 4) is 5.75 Å². The first-order valence-corrected chi connectivity index (χ1v) is 12.3. The van der Waals surface area contributed by atoms with Crippen molar-refractivity contribution >= 4 is 46.0 Å². The standard InChI is InChI=1S/C24H23ClF3N9O3/c1-30-20-18(31-4-5-32-20)15(8-29)40-16-9-33-21-19(17(16)25)36(2)23(35-21)34-14-7-12(24(26,27)28)10-37(22(14)38)13-3-6-39-11-13/h4-5,7-10,13H,3,6,11H2,1-2H3,(H4,29,30,31,32,33,34,35)/p+1. The maximum Gasteiger partial charge on any atom is 0.417 e. The van der Waals surface area contributed by atoms with Crippen LogP contribution in [0.1, 0.15) is 23.7 Å². The third-order valence-electron chi connectivity index (χ3n) is 6.33. The quantitative estimate of drug-likeness (QED) is 0.192. The first kappa shape index (κ1) is 27.2. The van der Waals surface area contributed by atoms with Crippen LogP contribution in [0.4, 0.5) is 30.6 Å². The number of hydrogen-bond acceptors (Lipinski definition) is 9. The summed E-state index contributed by atoms with van der Waals surface area (Å²) in [5.41, 5.74) is 4.86. The third kappa shape index (κ3) is 5.00. The summed E-state index contributed by atoms with van der Waals surface area (Å²) in [6, 6.07) is 0.257. The number of nitrogens with two attached hydrogens (primary N) is 1. The minimum atomic E-state index is -4.67. The van der Waals surface area contributed by atoms with E-state index in [4.69, 9.17) is 26.8 Å². The van der Waals surface area contributed by atoms with E-state index in [1.165, 1.54) is 29.4 Å². The molecule has 0 aromatic carbocycles. The molecule has 12 nitrogen and oxygen atoms in total. The normalized spacial score (nSPS) is 15.9. The number of hydrogen-bond donors (Lipinski definition) is 4. The molecule has 1 aliphatic rings. The van der Waals surface area contributed by atoms with Crippen LogP contribution >= 0.6 is 11.6 Å². The predicted molar refractivity (Wildman–Crippen MR) is 140 cm³/mol. The molecule has 1 fully saturated rings. The number of aryl methyl sites for hydroxylation is 1. The lowest BCUT2D eigenvalue weighted by molar-refractivity contribution is -0.629. The van der Waals surface area contributed by atoms with E-state index in [-0.39, 0.29) is 40.4 Å². The Hall–Kier alpha value is -4.37. The molecule has 1 aliphatic heterocycles. The Morgan fingerprint density at radius 2 is 2.12 bits per heavy atom. The van der Waals surface area contributed by atoms with Gasteiger partial charge < -0.3 is 25.1 Å². The molecule has 0 amide bonds. The fourth-order valence-electron chi connectivity index (χ4n) is 4.32. The fraction of sp³-hybridized carbons (Fsp3) is 0.292. The lowest BCUT2D eigenvalue weighted by Gasteiger charge is -2.16. The van der Waals surface area contributed by atoms with Gasteiger partial charge in [-0.3, -0.25) is 4.79 Å². The summed E-state index contributed by atoms with van der Waals surface area (Å²) < 4.78 is 54.9. The van der Waals surface area contributed by atoms with Crippen molar-refractivity contribution in [2.24, 2.45) is 12.8 Å². The SMILES string of the molecule is CNc1nccnc1/C(=C\N)Oc1cnc2[nH]c(Nc3cc(C(F)(F)F)cn(C4CCOC4)c3=O)[n+](C)c2c1Cl. The highest BCUT2D eigenvalue weighted by Gasteiger charge is 2.34. The molecule has 210 valence electrons. The van der Waals surface area contributed by atoms with E-state index in [9.17, 15) is 18.0 Å². The highest BCUT2D eigenvalue weighted by atomic mass is 35.5.